The van der Waals surface area contributed by atoms with Crippen LogP contribution in [0.4, 0.5) is 0 Å². The van der Waals surface area contributed by atoms with Gasteiger partial charge in [0, 0.05) is 35.9 Å². The summed E-state index contributed by atoms with van der Waals surface area (Å²) in [6.07, 6.45) is 9.94. The number of para-hydroxylation sites is 2. The van der Waals surface area contributed by atoms with E-state index in [1.165, 1.54) is 0 Å². The summed E-state index contributed by atoms with van der Waals surface area (Å²) >= 11 is 0. The number of esters is 2. The fourth-order valence-electron chi connectivity index (χ4n) is 6.20. The maximum absolute atomic E-state index is 12.6. The molecule has 318 valence electrons. The number of hydrogen-bond acceptors (Lipinski definition) is 11. The Bertz CT molecular complexity index is 1960. The Morgan fingerprint density at radius 1 is 0.847 bits per heavy atom. The topological polar surface area (TPSA) is 126 Å². The highest BCUT2D eigenvalue weighted by molar-refractivity contribution is 6.74. The van der Waals surface area contributed by atoms with Gasteiger partial charge in [-0.05, 0) is 75.2 Å². The van der Waals surface area contributed by atoms with Gasteiger partial charge in [0.1, 0.15) is 31.3 Å². The molecule has 0 bridgehead atoms. The smallest absolute Gasteiger partial charge is 0.338 e. The molecule has 5 rings (SSSR count). The molecule has 1 fully saturated rings. The number of ether oxygens (including phenoxy) is 7. The minimum Gasteiger partial charge on any atom is -0.543 e. The molecule has 0 aliphatic carbocycles. The van der Waals surface area contributed by atoms with Crippen LogP contribution in [0.2, 0.25) is 18.1 Å². The van der Waals surface area contributed by atoms with Gasteiger partial charge in [0.2, 0.25) is 8.32 Å². The number of carbonyl (C=O) groups is 2. The van der Waals surface area contributed by atoms with Crippen LogP contribution in [0.1, 0.15) is 87.8 Å². The van der Waals surface area contributed by atoms with E-state index in [1.807, 2.05) is 66.2 Å². The van der Waals surface area contributed by atoms with Crippen molar-refractivity contribution < 1.29 is 47.2 Å². The zero-order chi connectivity index (χ0) is 42.3. The van der Waals surface area contributed by atoms with Crippen LogP contribution in [0.3, 0.4) is 0 Å². The van der Waals surface area contributed by atoms with Crippen molar-refractivity contribution >= 4 is 20.3 Å². The van der Waals surface area contributed by atoms with Crippen molar-refractivity contribution in [3.05, 3.63) is 114 Å². The molecule has 12 nitrogen and oxygen atoms in total. The summed E-state index contributed by atoms with van der Waals surface area (Å²) in [5.41, 5.74) is 2.07. The van der Waals surface area contributed by atoms with E-state index >= 15 is 0 Å². The Balaban J connectivity index is 1.31. The highest BCUT2D eigenvalue weighted by Crippen LogP contribution is 2.46. The Kier molecular flexibility index (Phi) is 16.6. The number of rotatable bonds is 21. The molecule has 2 heterocycles. The minimum atomic E-state index is -2.19. The van der Waals surface area contributed by atoms with Gasteiger partial charge in [-0.2, -0.15) is 0 Å². The average Bonchev–Trinajstić information content (AvgIpc) is 3.74. The molecule has 0 unspecified atom stereocenters. The third kappa shape index (κ3) is 12.9. The number of imidazole rings is 1. The third-order valence-corrected chi connectivity index (χ3v) is 14.7. The lowest BCUT2D eigenvalue weighted by Gasteiger charge is -2.40. The molecule has 3 aromatic carbocycles. The van der Waals surface area contributed by atoms with Crippen molar-refractivity contribution in [2.45, 2.75) is 91.0 Å². The maximum Gasteiger partial charge on any atom is 0.338 e. The summed E-state index contributed by atoms with van der Waals surface area (Å²) in [5, 5.41) is -0.000599. The molecular formula is C46H60N2O10Si. The van der Waals surface area contributed by atoms with E-state index in [-0.39, 0.29) is 42.9 Å². The summed E-state index contributed by atoms with van der Waals surface area (Å²) in [4.78, 5) is 28.5. The zero-order valence-electron chi connectivity index (χ0n) is 35.5. The zero-order valence-corrected chi connectivity index (χ0v) is 36.5. The highest BCUT2D eigenvalue weighted by atomic mass is 28.4. The normalized spacial score (nSPS) is 17.0. The van der Waals surface area contributed by atoms with Gasteiger partial charge < -0.3 is 42.2 Å². The molecule has 0 amide bonds. The molecule has 0 N–H and O–H groups in total. The van der Waals surface area contributed by atoms with E-state index in [2.05, 4.69) is 51.0 Å². The largest absolute Gasteiger partial charge is 0.543 e. The van der Waals surface area contributed by atoms with E-state index in [0.717, 1.165) is 16.9 Å². The van der Waals surface area contributed by atoms with Crippen LogP contribution in [0, 0.1) is 5.92 Å². The molecule has 0 spiro atoms. The number of hydrogen-bond donors (Lipinski definition) is 0. The van der Waals surface area contributed by atoms with Gasteiger partial charge in [0.15, 0.2) is 17.8 Å². The summed E-state index contributed by atoms with van der Waals surface area (Å²) in [7, 11) is -2.19. The lowest BCUT2D eigenvalue weighted by Crippen LogP contribution is -2.44. The van der Waals surface area contributed by atoms with Gasteiger partial charge in [-0.25, -0.2) is 9.78 Å². The van der Waals surface area contributed by atoms with E-state index < -0.39 is 20.6 Å². The first kappa shape index (κ1) is 45.0. The van der Waals surface area contributed by atoms with Gasteiger partial charge in [-0.1, -0.05) is 69.3 Å². The molecule has 4 aromatic rings. The van der Waals surface area contributed by atoms with Crippen LogP contribution in [0.15, 0.2) is 97.6 Å². The van der Waals surface area contributed by atoms with Crippen LogP contribution in [-0.2, 0) is 30.3 Å². The van der Waals surface area contributed by atoms with Gasteiger partial charge in [0.25, 0.3) is 0 Å². The van der Waals surface area contributed by atoms with Crippen molar-refractivity contribution in [3.8, 4) is 23.0 Å². The molecule has 1 saturated heterocycles. The predicted octanol–water partition coefficient (Wildman–Crippen LogP) is 9.67. The van der Waals surface area contributed by atoms with E-state index in [1.54, 1.807) is 37.6 Å². The first-order valence-corrected chi connectivity index (χ1v) is 23.4. The average molecular weight is 829 g/mol. The summed E-state index contributed by atoms with van der Waals surface area (Å²) in [5.74, 6) is 1.64. The molecule has 0 radical (unpaired) electrons. The van der Waals surface area contributed by atoms with Crippen LogP contribution < -0.4 is 18.6 Å². The van der Waals surface area contributed by atoms with Crippen LogP contribution in [0.5, 0.6) is 23.0 Å². The van der Waals surface area contributed by atoms with Crippen molar-refractivity contribution in [3.63, 3.8) is 0 Å². The second kappa shape index (κ2) is 21.8. The van der Waals surface area contributed by atoms with Crippen molar-refractivity contribution in [2.75, 3.05) is 39.6 Å². The molecule has 3 atom stereocenters. The van der Waals surface area contributed by atoms with Crippen molar-refractivity contribution in [1.82, 2.24) is 9.55 Å². The highest BCUT2D eigenvalue weighted by Gasteiger charge is 2.41. The van der Waals surface area contributed by atoms with E-state index in [4.69, 9.17) is 37.6 Å². The SMILES string of the molecule is CCOC(=O)CC/C=C\C[C@@H]1CO[C@H](c2ccccc2OCCOc2cc(C(=O)OCC)ccc2OCCn2ccnc2)O[C@@H]1c1ccccc1O[Si](C)(C)C(C)(C)C. The quantitative estimate of drug-likeness (QED) is 0.0345. The van der Waals surface area contributed by atoms with E-state index in [9.17, 15) is 9.59 Å². The standard InChI is InChI=1S/C46H60N2O10Si/c1-8-51-42(49)22-12-10-11-17-35-32-56-45(57-43(35)36-18-13-16-21-39(36)58-59(6,7)46(3,4)5)37-19-14-15-20-38(37)54-29-30-55-41-31-34(44(50)52-9-2)23-24-40(41)53-28-27-48-26-25-47-33-48/h10-11,13-16,18-21,23-26,31,33,35,43,45H,8-9,12,17,22,27-30,32H2,1-7H3/b11-10-/t35-,43+,45+/m1/s1. The minimum absolute atomic E-state index is 0.000599. The maximum atomic E-state index is 12.6. The van der Waals surface area contributed by atoms with Gasteiger partial charge in [-0.3, -0.25) is 4.79 Å². The number of nitrogens with zero attached hydrogens (tertiary/aromatic N) is 2. The van der Waals surface area contributed by atoms with Crippen LogP contribution in [-0.4, -0.2) is 69.4 Å². The fraction of sp³-hybridized carbons (Fsp3) is 0.457. The summed E-state index contributed by atoms with van der Waals surface area (Å²) in [6, 6.07) is 20.8. The third-order valence-electron chi connectivity index (χ3n) is 10.4. The Morgan fingerprint density at radius 2 is 1.54 bits per heavy atom. The Labute approximate surface area is 349 Å². The Morgan fingerprint density at radius 3 is 2.25 bits per heavy atom. The number of aromatic nitrogens is 2. The van der Waals surface area contributed by atoms with Crippen molar-refractivity contribution in [1.29, 1.82) is 0 Å². The lowest BCUT2D eigenvalue weighted by molar-refractivity contribution is -0.244. The molecule has 13 heteroatoms. The number of carbonyl (C=O) groups excluding carboxylic acids is 2. The number of allylic oxidation sites excluding steroid dienone is 2. The molecule has 1 aliphatic rings. The molecular weight excluding hydrogens is 769 g/mol. The summed E-state index contributed by atoms with van der Waals surface area (Å²) < 4.78 is 51.1. The first-order chi connectivity index (χ1) is 28.4. The number of benzene rings is 3. The van der Waals surface area contributed by atoms with Crippen LogP contribution in [0.25, 0.3) is 0 Å². The second-order valence-corrected chi connectivity index (χ2v) is 20.4. The van der Waals surface area contributed by atoms with Gasteiger partial charge in [-0.15, -0.1) is 0 Å². The Hall–Kier alpha value is -5.11. The molecule has 59 heavy (non-hydrogen) atoms. The van der Waals surface area contributed by atoms with E-state index in [0.29, 0.717) is 68.4 Å². The summed E-state index contributed by atoms with van der Waals surface area (Å²) in [6.45, 7) is 17.1. The van der Waals surface area contributed by atoms with Gasteiger partial charge in [0.05, 0.1) is 44.4 Å². The van der Waals surface area contributed by atoms with Crippen molar-refractivity contribution in [2.24, 2.45) is 5.92 Å². The molecule has 0 saturated carbocycles. The van der Waals surface area contributed by atoms with Crippen LogP contribution >= 0.6 is 0 Å². The first-order valence-electron chi connectivity index (χ1n) is 20.5. The fourth-order valence-corrected chi connectivity index (χ4v) is 7.24. The van der Waals surface area contributed by atoms with Gasteiger partial charge >= 0.3 is 11.9 Å². The predicted molar refractivity (Wildman–Crippen MR) is 227 cm³/mol. The monoisotopic (exact) mass is 828 g/mol. The molecule has 1 aliphatic heterocycles. The molecule has 1 aromatic heterocycles. The second-order valence-electron chi connectivity index (χ2n) is 15.7. The lowest BCUT2D eigenvalue weighted by atomic mass is 9.91.